The van der Waals surface area contributed by atoms with Gasteiger partial charge in [0, 0.05) is 22.5 Å². The molecular formula is C15H10N2O. The monoisotopic (exact) mass is 234 g/mol. The number of hydrogen-bond donors (Lipinski definition) is 1. The molecule has 1 heterocycles. The molecule has 3 heteroatoms. The zero-order chi connectivity index (χ0) is 12.5. The Bertz CT molecular complexity index is 670. The van der Waals surface area contributed by atoms with E-state index in [0.717, 1.165) is 16.9 Å². The van der Waals surface area contributed by atoms with Gasteiger partial charge in [0.1, 0.15) is 5.92 Å². The highest BCUT2D eigenvalue weighted by Gasteiger charge is 2.28. The molecule has 1 aliphatic rings. The molecule has 0 bridgehead atoms. The van der Waals surface area contributed by atoms with Crippen LogP contribution in [0.25, 0.3) is 0 Å². The van der Waals surface area contributed by atoms with Crippen LogP contribution in [0.3, 0.4) is 0 Å². The van der Waals surface area contributed by atoms with Crippen molar-refractivity contribution in [2.45, 2.75) is 5.92 Å². The molecule has 1 N–H and O–H groups in total. The molecule has 0 amide bonds. The average Bonchev–Trinajstić information content (AvgIpc) is 2.53. The van der Waals surface area contributed by atoms with Crippen LogP contribution in [0.4, 0.5) is 11.4 Å². The zero-order valence-corrected chi connectivity index (χ0v) is 9.55. The molecular weight excluding hydrogens is 224 g/mol. The number of carbonyl (C=O) groups excluding carboxylic acids is 1. The van der Waals surface area contributed by atoms with Crippen LogP contribution in [0.15, 0.2) is 48.5 Å². The van der Waals surface area contributed by atoms with Crippen molar-refractivity contribution in [3.05, 3.63) is 59.7 Å². The Kier molecular flexibility index (Phi) is 2.35. The third kappa shape index (κ3) is 1.47. The zero-order valence-electron chi connectivity index (χ0n) is 9.55. The smallest absolute Gasteiger partial charge is 0.186 e. The molecule has 3 nitrogen and oxygen atoms in total. The molecule has 0 spiro atoms. The summed E-state index contributed by atoms with van der Waals surface area (Å²) in [5.41, 5.74) is 2.89. The standard InChI is InChI=1S/C15H10N2O/c16-9-12-10-5-1-3-7-13(10)17-14-8-4-2-6-11(14)15(12)18/h1-8,12,17H/t12-/m0/s1. The third-order valence-corrected chi connectivity index (χ3v) is 3.12. The number of anilines is 2. The first-order chi connectivity index (χ1) is 8.81. The van der Waals surface area contributed by atoms with Crippen LogP contribution >= 0.6 is 0 Å². The van der Waals surface area contributed by atoms with Crippen LogP contribution in [0.2, 0.25) is 0 Å². The predicted octanol–water partition coefficient (Wildman–Crippen LogP) is 3.23. The summed E-state index contributed by atoms with van der Waals surface area (Å²) >= 11 is 0. The number of nitrogens with zero attached hydrogens (tertiary/aromatic N) is 1. The number of hydrogen-bond acceptors (Lipinski definition) is 3. The van der Waals surface area contributed by atoms with Gasteiger partial charge in [-0.2, -0.15) is 5.26 Å². The molecule has 18 heavy (non-hydrogen) atoms. The number of carbonyl (C=O) groups is 1. The number of ketones is 1. The average molecular weight is 234 g/mol. The Morgan fingerprint density at radius 3 is 2.44 bits per heavy atom. The maximum atomic E-state index is 12.4. The third-order valence-electron chi connectivity index (χ3n) is 3.12. The maximum absolute atomic E-state index is 12.4. The summed E-state index contributed by atoms with van der Waals surface area (Å²) in [7, 11) is 0. The molecule has 0 fully saturated rings. The van der Waals surface area contributed by atoms with E-state index < -0.39 is 5.92 Å². The molecule has 0 aliphatic carbocycles. The van der Waals surface area contributed by atoms with Crippen molar-refractivity contribution in [2.75, 3.05) is 5.32 Å². The van der Waals surface area contributed by atoms with Crippen molar-refractivity contribution >= 4 is 17.2 Å². The number of nitriles is 1. The molecule has 0 unspecified atom stereocenters. The summed E-state index contributed by atoms with van der Waals surface area (Å²) in [5, 5.41) is 12.5. The minimum Gasteiger partial charge on any atom is -0.355 e. The van der Waals surface area contributed by atoms with Crippen LogP contribution in [0.1, 0.15) is 21.8 Å². The highest BCUT2D eigenvalue weighted by Crippen LogP contribution is 2.35. The summed E-state index contributed by atoms with van der Waals surface area (Å²) in [6, 6.07) is 16.8. The Morgan fingerprint density at radius 1 is 1.00 bits per heavy atom. The molecule has 0 saturated heterocycles. The summed E-state index contributed by atoms with van der Waals surface area (Å²) in [5.74, 6) is -0.886. The number of rotatable bonds is 0. The summed E-state index contributed by atoms with van der Waals surface area (Å²) in [4.78, 5) is 12.4. The van der Waals surface area contributed by atoms with E-state index in [4.69, 9.17) is 0 Å². The van der Waals surface area contributed by atoms with Crippen molar-refractivity contribution in [3.8, 4) is 6.07 Å². The van der Waals surface area contributed by atoms with Gasteiger partial charge in [-0.15, -0.1) is 0 Å². The molecule has 2 aromatic carbocycles. The van der Waals surface area contributed by atoms with E-state index in [2.05, 4.69) is 11.4 Å². The molecule has 1 atom stereocenters. The predicted molar refractivity (Wildman–Crippen MR) is 68.9 cm³/mol. The fourth-order valence-corrected chi connectivity index (χ4v) is 2.24. The number of para-hydroxylation sites is 2. The number of nitrogens with one attached hydrogen (secondary N) is 1. The molecule has 3 rings (SSSR count). The molecule has 0 radical (unpaired) electrons. The Morgan fingerprint density at radius 2 is 1.67 bits per heavy atom. The van der Waals surface area contributed by atoms with Gasteiger partial charge in [-0.1, -0.05) is 30.3 Å². The fraction of sp³-hybridized carbons (Fsp3) is 0.0667. The van der Waals surface area contributed by atoms with Gasteiger partial charge in [-0.3, -0.25) is 4.79 Å². The number of benzene rings is 2. The Balaban J connectivity index is 2.27. The molecule has 1 aliphatic heterocycles. The van der Waals surface area contributed by atoms with Gasteiger partial charge in [0.15, 0.2) is 5.78 Å². The van der Waals surface area contributed by atoms with Gasteiger partial charge in [0.25, 0.3) is 0 Å². The molecule has 2 aromatic rings. The van der Waals surface area contributed by atoms with Gasteiger partial charge in [0.2, 0.25) is 0 Å². The van der Waals surface area contributed by atoms with Crippen molar-refractivity contribution < 1.29 is 4.79 Å². The van der Waals surface area contributed by atoms with Crippen molar-refractivity contribution in [2.24, 2.45) is 0 Å². The summed E-state index contributed by atoms with van der Waals surface area (Å²) in [6.45, 7) is 0. The van der Waals surface area contributed by atoms with Crippen molar-refractivity contribution in [3.63, 3.8) is 0 Å². The van der Waals surface area contributed by atoms with E-state index in [1.165, 1.54) is 0 Å². The minimum absolute atomic E-state index is 0.148. The van der Waals surface area contributed by atoms with E-state index >= 15 is 0 Å². The quantitative estimate of drug-likeness (QED) is 0.761. The normalized spacial score (nSPS) is 16.8. The van der Waals surface area contributed by atoms with Gasteiger partial charge < -0.3 is 5.32 Å². The van der Waals surface area contributed by atoms with E-state index in [1.54, 1.807) is 6.07 Å². The molecule has 0 aromatic heterocycles. The highest BCUT2D eigenvalue weighted by atomic mass is 16.1. The maximum Gasteiger partial charge on any atom is 0.186 e. The van der Waals surface area contributed by atoms with Crippen LogP contribution in [-0.2, 0) is 0 Å². The van der Waals surface area contributed by atoms with Crippen LogP contribution in [-0.4, -0.2) is 5.78 Å². The lowest BCUT2D eigenvalue weighted by Crippen LogP contribution is -2.09. The van der Waals surface area contributed by atoms with Gasteiger partial charge >= 0.3 is 0 Å². The molecule has 0 saturated carbocycles. The van der Waals surface area contributed by atoms with Crippen molar-refractivity contribution in [1.82, 2.24) is 0 Å². The second kappa shape index (κ2) is 4.01. The second-order valence-electron chi connectivity index (χ2n) is 4.18. The van der Waals surface area contributed by atoms with Gasteiger partial charge in [0.05, 0.1) is 6.07 Å². The first-order valence-corrected chi connectivity index (χ1v) is 5.70. The van der Waals surface area contributed by atoms with Crippen molar-refractivity contribution in [1.29, 1.82) is 5.26 Å². The van der Waals surface area contributed by atoms with E-state index in [1.807, 2.05) is 42.5 Å². The Labute approximate surface area is 105 Å². The number of fused-ring (bicyclic) bond motifs is 2. The van der Waals surface area contributed by atoms with Crippen LogP contribution in [0.5, 0.6) is 0 Å². The minimum atomic E-state index is -0.739. The fourth-order valence-electron chi connectivity index (χ4n) is 2.24. The molecule has 86 valence electrons. The van der Waals surface area contributed by atoms with Gasteiger partial charge in [-0.05, 0) is 18.2 Å². The SMILES string of the molecule is N#C[C@@H]1C(=O)c2ccccc2Nc2ccccc21. The lowest BCUT2D eigenvalue weighted by atomic mass is 9.92. The van der Waals surface area contributed by atoms with Crippen LogP contribution < -0.4 is 5.32 Å². The van der Waals surface area contributed by atoms with E-state index in [9.17, 15) is 10.1 Å². The first-order valence-electron chi connectivity index (χ1n) is 5.70. The van der Waals surface area contributed by atoms with Gasteiger partial charge in [-0.25, -0.2) is 0 Å². The largest absolute Gasteiger partial charge is 0.355 e. The van der Waals surface area contributed by atoms with E-state index in [0.29, 0.717) is 5.56 Å². The lowest BCUT2D eigenvalue weighted by Gasteiger charge is -2.09. The summed E-state index contributed by atoms with van der Waals surface area (Å²) < 4.78 is 0. The Hall–Kier alpha value is -2.60. The lowest BCUT2D eigenvalue weighted by molar-refractivity contribution is 0.0980. The first kappa shape index (κ1) is 10.5. The highest BCUT2D eigenvalue weighted by molar-refractivity contribution is 6.09. The topological polar surface area (TPSA) is 52.9 Å². The van der Waals surface area contributed by atoms with Crippen LogP contribution in [0, 0.1) is 11.3 Å². The van der Waals surface area contributed by atoms with E-state index in [-0.39, 0.29) is 5.78 Å². The summed E-state index contributed by atoms with van der Waals surface area (Å²) in [6.07, 6.45) is 0. The second-order valence-corrected chi connectivity index (χ2v) is 4.18. The number of Topliss-reactive ketones (excluding diaryl/α,β-unsaturated/α-hetero) is 1.